The molecule has 108 valence electrons. The zero-order chi connectivity index (χ0) is 14.2. The van der Waals surface area contributed by atoms with Gasteiger partial charge in [0.1, 0.15) is 0 Å². The minimum Gasteiger partial charge on any atom is -0.306 e. The Balaban J connectivity index is 1.97. The van der Waals surface area contributed by atoms with Gasteiger partial charge in [0, 0.05) is 18.6 Å². The van der Waals surface area contributed by atoms with Crippen molar-refractivity contribution in [2.75, 3.05) is 20.1 Å². The zero-order valence-corrected chi connectivity index (χ0v) is 12.3. The van der Waals surface area contributed by atoms with E-state index in [0.717, 1.165) is 19.5 Å². The van der Waals surface area contributed by atoms with Crippen molar-refractivity contribution < 1.29 is 9.59 Å². The highest BCUT2D eigenvalue weighted by Crippen LogP contribution is 2.21. The Morgan fingerprint density at radius 1 is 1.32 bits per heavy atom. The molecule has 5 nitrogen and oxygen atoms in total. The second-order valence-electron chi connectivity index (χ2n) is 6.25. The molecule has 2 saturated heterocycles. The van der Waals surface area contributed by atoms with Crippen LogP contribution in [0, 0.1) is 5.92 Å². The third-order valence-corrected chi connectivity index (χ3v) is 4.22. The molecule has 2 aliphatic heterocycles. The Hall–Kier alpha value is -0.940. The summed E-state index contributed by atoms with van der Waals surface area (Å²) in [5.74, 6) is 0.416. The van der Waals surface area contributed by atoms with Crippen molar-refractivity contribution in [1.82, 2.24) is 15.1 Å². The molecule has 2 aliphatic rings. The molecule has 0 bridgehead atoms. The number of nitrogens with one attached hydrogen (secondary N) is 1. The van der Waals surface area contributed by atoms with Crippen LogP contribution in [0.2, 0.25) is 0 Å². The molecule has 2 heterocycles. The molecule has 5 heteroatoms. The van der Waals surface area contributed by atoms with E-state index < -0.39 is 0 Å². The van der Waals surface area contributed by atoms with E-state index in [-0.39, 0.29) is 23.9 Å². The van der Waals surface area contributed by atoms with Gasteiger partial charge in [-0.1, -0.05) is 6.92 Å². The van der Waals surface area contributed by atoms with Gasteiger partial charge in [-0.3, -0.25) is 14.5 Å². The number of amides is 2. The molecule has 0 aromatic carbocycles. The van der Waals surface area contributed by atoms with Crippen LogP contribution in [-0.4, -0.2) is 59.9 Å². The van der Waals surface area contributed by atoms with Crippen LogP contribution >= 0.6 is 0 Å². The van der Waals surface area contributed by atoms with Crippen LogP contribution in [0.25, 0.3) is 0 Å². The maximum Gasteiger partial charge on any atom is 0.247 e. The summed E-state index contributed by atoms with van der Waals surface area (Å²) < 4.78 is 0. The summed E-state index contributed by atoms with van der Waals surface area (Å²) in [5, 5.41) is 3.41. The van der Waals surface area contributed by atoms with Gasteiger partial charge in [0.05, 0.1) is 12.5 Å². The summed E-state index contributed by atoms with van der Waals surface area (Å²) in [6.07, 6.45) is 1.35. The summed E-state index contributed by atoms with van der Waals surface area (Å²) in [7, 11) is 2.12. The van der Waals surface area contributed by atoms with E-state index in [2.05, 4.69) is 24.2 Å². The summed E-state index contributed by atoms with van der Waals surface area (Å²) in [6, 6.07) is -0.0162. The molecule has 2 fully saturated rings. The molecule has 3 unspecified atom stereocenters. The van der Waals surface area contributed by atoms with Crippen molar-refractivity contribution in [3.8, 4) is 0 Å². The molecule has 3 atom stereocenters. The zero-order valence-electron chi connectivity index (χ0n) is 12.3. The minimum atomic E-state index is -0.314. The number of imide groups is 1. The lowest BCUT2D eigenvalue weighted by Gasteiger charge is -2.36. The van der Waals surface area contributed by atoms with Crippen LogP contribution in [0.15, 0.2) is 0 Å². The van der Waals surface area contributed by atoms with Crippen LogP contribution in [0.4, 0.5) is 0 Å². The predicted octanol–water partition coefficient (Wildman–Crippen LogP) is 0.452. The van der Waals surface area contributed by atoms with Crippen molar-refractivity contribution in [3.63, 3.8) is 0 Å². The lowest BCUT2D eigenvalue weighted by Crippen LogP contribution is -2.52. The maximum absolute atomic E-state index is 12.2. The highest BCUT2D eigenvalue weighted by Gasteiger charge is 2.41. The average Bonchev–Trinajstić information content (AvgIpc) is 2.58. The van der Waals surface area contributed by atoms with Gasteiger partial charge in [-0.2, -0.15) is 0 Å². The van der Waals surface area contributed by atoms with Gasteiger partial charge in [0.2, 0.25) is 11.8 Å². The summed E-state index contributed by atoms with van der Waals surface area (Å²) >= 11 is 0. The second kappa shape index (κ2) is 5.59. The largest absolute Gasteiger partial charge is 0.306 e. The lowest BCUT2D eigenvalue weighted by atomic mass is 9.93. The minimum absolute atomic E-state index is 0.0401. The van der Waals surface area contributed by atoms with Crippen LogP contribution in [-0.2, 0) is 9.59 Å². The fraction of sp³-hybridized carbons (Fsp3) is 0.857. The molecule has 0 aromatic heterocycles. The van der Waals surface area contributed by atoms with Crippen LogP contribution in [0.5, 0.6) is 0 Å². The van der Waals surface area contributed by atoms with Crippen LogP contribution in [0.3, 0.4) is 0 Å². The Kier molecular flexibility index (Phi) is 4.26. The number of hydrogen-bond acceptors (Lipinski definition) is 4. The van der Waals surface area contributed by atoms with Gasteiger partial charge in [-0.05, 0) is 39.8 Å². The second-order valence-corrected chi connectivity index (χ2v) is 6.25. The Morgan fingerprint density at radius 3 is 2.53 bits per heavy atom. The van der Waals surface area contributed by atoms with Crippen molar-refractivity contribution in [2.24, 2.45) is 5.92 Å². The number of hydrogen-bond donors (Lipinski definition) is 1. The van der Waals surface area contributed by atoms with Crippen molar-refractivity contribution in [1.29, 1.82) is 0 Å². The first-order valence-corrected chi connectivity index (χ1v) is 7.20. The highest BCUT2D eigenvalue weighted by molar-refractivity contribution is 6.05. The number of likely N-dealkylation sites (tertiary alicyclic amines) is 2. The quantitative estimate of drug-likeness (QED) is 0.755. The molecule has 0 saturated carbocycles. The number of piperidine rings is 1. The van der Waals surface area contributed by atoms with Gasteiger partial charge < -0.3 is 10.2 Å². The predicted molar refractivity (Wildman–Crippen MR) is 73.6 cm³/mol. The average molecular weight is 267 g/mol. The molecule has 0 spiro atoms. The third-order valence-electron chi connectivity index (χ3n) is 4.22. The number of carbonyl (C=O) groups is 2. The molecule has 0 aliphatic carbocycles. The highest BCUT2D eigenvalue weighted by atomic mass is 16.2. The summed E-state index contributed by atoms with van der Waals surface area (Å²) in [4.78, 5) is 27.8. The van der Waals surface area contributed by atoms with Gasteiger partial charge in [0.25, 0.3) is 0 Å². The van der Waals surface area contributed by atoms with E-state index in [4.69, 9.17) is 0 Å². The first-order valence-electron chi connectivity index (χ1n) is 7.20. The molecule has 0 radical (unpaired) electrons. The van der Waals surface area contributed by atoms with Crippen LogP contribution in [0.1, 0.15) is 33.6 Å². The van der Waals surface area contributed by atoms with Gasteiger partial charge >= 0.3 is 0 Å². The fourth-order valence-electron chi connectivity index (χ4n) is 3.18. The molecule has 19 heavy (non-hydrogen) atoms. The normalized spacial score (nSPS) is 33.5. The first kappa shape index (κ1) is 14.5. The Labute approximate surface area is 115 Å². The van der Waals surface area contributed by atoms with E-state index >= 15 is 0 Å². The van der Waals surface area contributed by atoms with Gasteiger partial charge in [-0.25, -0.2) is 0 Å². The molecular formula is C14H25N3O2. The standard InChI is InChI=1S/C14H25N3O2/c1-9(2)17-13(18)7-12(14(17)19)15-11-5-6-16(4)8-10(11)3/h9-12,15H,5-8H2,1-4H3. The summed E-state index contributed by atoms with van der Waals surface area (Å²) in [6.45, 7) is 8.06. The van der Waals surface area contributed by atoms with Crippen molar-refractivity contribution in [2.45, 2.75) is 51.7 Å². The number of carbonyl (C=O) groups excluding carboxylic acids is 2. The summed E-state index contributed by atoms with van der Waals surface area (Å²) in [5.41, 5.74) is 0. The third kappa shape index (κ3) is 2.98. The van der Waals surface area contributed by atoms with E-state index in [0.29, 0.717) is 18.4 Å². The molecule has 1 N–H and O–H groups in total. The van der Waals surface area contributed by atoms with Gasteiger partial charge in [0.15, 0.2) is 0 Å². The Bertz CT molecular complexity index is 370. The lowest BCUT2D eigenvalue weighted by molar-refractivity contribution is -0.140. The van der Waals surface area contributed by atoms with Crippen LogP contribution < -0.4 is 5.32 Å². The van der Waals surface area contributed by atoms with Crippen molar-refractivity contribution in [3.05, 3.63) is 0 Å². The number of rotatable bonds is 3. The fourth-order valence-corrected chi connectivity index (χ4v) is 3.18. The van der Waals surface area contributed by atoms with Crippen molar-refractivity contribution >= 4 is 11.8 Å². The SMILES string of the molecule is CC1CN(C)CCC1NC1CC(=O)N(C(C)C)C1=O. The molecule has 2 rings (SSSR count). The Morgan fingerprint density at radius 2 is 2.00 bits per heavy atom. The topological polar surface area (TPSA) is 52.7 Å². The van der Waals surface area contributed by atoms with E-state index in [1.807, 2.05) is 13.8 Å². The monoisotopic (exact) mass is 267 g/mol. The molecular weight excluding hydrogens is 242 g/mol. The smallest absolute Gasteiger partial charge is 0.247 e. The molecule has 2 amide bonds. The van der Waals surface area contributed by atoms with E-state index in [1.54, 1.807) is 0 Å². The van der Waals surface area contributed by atoms with Gasteiger partial charge in [-0.15, -0.1) is 0 Å². The molecule has 0 aromatic rings. The maximum atomic E-state index is 12.2. The first-order chi connectivity index (χ1) is 8.90. The van der Waals surface area contributed by atoms with E-state index in [1.165, 1.54) is 4.90 Å². The van der Waals surface area contributed by atoms with E-state index in [9.17, 15) is 9.59 Å². The number of nitrogens with zero attached hydrogens (tertiary/aromatic N) is 2.